The van der Waals surface area contributed by atoms with Gasteiger partial charge in [0.15, 0.2) is 0 Å². The molecule has 2 saturated carbocycles. The van der Waals surface area contributed by atoms with E-state index in [-0.39, 0.29) is 5.91 Å². The summed E-state index contributed by atoms with van der Waals surface area (Å²) >= 11 is 0. The van der Waals surface area contributed by atoms with Crippen LogP contribution in [0, 0.1) is 5.92 Å². The second kappa shape index (κ2) is 4.97. The van der Waals surface area contributed by atoms with Gasteiger partial charge < -0.3 is 10.6 Å². The van der Waals surface area contributed by atoms with Crippen molar-refractivity contribution in [2.75, 3.05) is 6.54 Å². The van der Waals surface area contributed by atoms with Crippen LogP contribution in [0.25, 0.3) is 0 Å². The molecule has 86 valence electrons. The quantitative estimate of drug-likeness (QED) is 0.721. The van der Waals surface area contributed by atoms with Gasteiger partial charge in [0.05, 0.1) is 0 Å². The van der Waals surface area contributed by atoms with Crippen molar-refractivity contribution in [2.24, 2.45) is 5.92 Å². The Kier molecular flexibility index (Phi) is 3.62. The zero-order valence-electron chi connectivity index (χ0n) is 9.59. The third-order valence-corrected chi connectivity index (χ3v) is 3.56. The van der Waals surface area contributed by atoms with Gasteiger partial charge in [0, 0.05) is 25.0 Å². The van der Waals surface area contributed by atoms with Gasteiger partial charge in [0.1, 0.15) is 0 Å². The van der Waals surface area contributed by atoms with E-state index >= 15 is 0 Å². The summed E-state index contributed by atoms with van der Waals surface area (Å²) in [6.07, 6.45) is 6.96. The molecular formula is C12H22N2O. The Morgan fingerprint density at radius 2 is 2.07 bits per heavy atom. The highest BCUT2D eigenvalue weighted by atomic mass is 16.1. The topological polar surface area (TPSA) is 41.1 Å². The van der Waals surface area contributed by atoms with Gasteiger partial charge in [-0.15, -0.1) is 0 Å². The summed E-state index contributed by atoms with van der Waals surface area (Å²) in [7, 11) is 0. The number of hydrogen-bond donors (Lipinski definition) is 2. The molecule has 0 saturated heterocycles. The lowest BCUT2D eigenvalue weighted by Crippen LogP contribution is -2.35. The lowest BCUT2D eigenvalue weighted by molar-refractivity contribution is -0.121. The van der Waals surface area contributed by atoms with Crippen molar-refractivity contribution in [1.82, 2.24) is 10.6 Å². The van der Waals surface area contributed by atoms with Crippen molar-refractivity contribution in [3.05, 3.63) is 0 Å². The van der Waals surface area contributed by atoms with Crippen molar-refractivity contribution < 1.29 is 4.79 Å². The molecule has 0 aromatic rings. The van der Waals surface area contributed by atoms with Crippen LogP contribution < -0.4 is 10.6 Å². The second-order valence-electron chi connectivity index (χ2n) is 5.06. The molecule has 0 aromatic heterocycles. The molecule has 0 aliphatic heterocycles. The van der Waals surface area contributed by atoms with Gasteiger partial charge in [-0.3, -0.25) is 4.79 Å². The Labute approximate surface area is 92.0 Å². The Morgan fingerprint density at radius 3 is 2.67 bits per heavy atom. The fourth-order valence-electron chi connectivity index (χ4n) is 2.35. The fourth-order valence-corrected chi connectivity index (χ4v) is 2.35. The van der Waals surface area contributed by atoms with Crippen LogP contribution in [0.15, 0.2) is 0 Å². The van der Waals surface area contributed by atoms with Crippen LogP contribution in [-0.2, 0) is 4.79 Å². The van der Waals surface area contributed by atoms with Gasteiger partial charge in [0.2, 0.25) is 5.91 Å². The average molecular weight is 210 g/mol. The molecule has 3 nitrogen and oxygen atoms in total. The van der Waals surface area contributed by atoms with E-state index in [1.54, 1.807) is 0 Å². The van der Waals surface area contributed by atoms with Gasteiger partial charge in [-0.25, -0.2) is 0 Å². The molecule has 2 unspecified atom stereocenters. The Hall–Kier alpha value is -0.570. The van der Waals surface area contributed by atoms with E-state index < -0.39 is 0 Å². The van der Waals surface area contributed by atoms with E-state index in [1.165, 1.54) is 32.1 Å². The van der Waals surface area contributed by atoms with E-state index in [9.17, 15) is 4.79 Å². The first kappa shape index (κ1) is 10.9. The normalized spacial score (nSPS) is 30.5. The van der Waals surface area contributed by atoms with Crippen molar-refractivity contribution in [3.8, 4) is 0 Å². The van der Waals surface area contributed by atoms with E-state index in [0.29, 0.717) is 18.5 Å². The van der Waals surface area contributed by atoms with Crippen LogP contribution in [-0.4, -0.2) is 24.5 Å². The maximum atomic E-state index is 11.4. The average Bonchev–Trinajstić information content (AvgIpc) is 2.91. The third kappa shape index (κ3) is 3.49. The number of hydrogen-bond acceptors (Lipinski definition) is 2. The summed E-state index contributed by atoms with van der Waals surface area (Å²) in [6, 6.07) is 1.15. The molecular weight excluding hydrogens is 188 g/mol. The maximum Gasteiger partial charge on any atom is 0.221 e. The third-order valence-electron chi connectivity index (χ3n) is 3.56. The smallest absolute Gasteiger partial charge is 0.221 e. The molecule has 2 atom stereocenters. The lowest BCUT2D eigenvalue weighted by atomic mass is 10.1. The van der Waals surface area contributed by atoms with Crippen LogP contribution >= 0.6 is 0 Å². The number of nitrogens with one attached hydrogen (secondary N) is 2. The Morgan fingerprint density at radius 1 is 1.27 bits per heavy atom. The number of carbonyl (C=O) groups is 1. The highest BCUT2D eigenvalue weighted by Gasteiger charge is 2.24. The number of amides is 1. The van der Waals surface area contributed by atoms with Crippen molar-refractivity contribution in [3.63, 3.8) is 0 Å². The summed E-state index contributed by atoms with van der Waals surface area (Å²) in [5, 5.41) is 6.51. The van der Waals surface area contributed by atoms with Gasteiger partial charge in [-0.1, -0.05) is 13.3 Å². The maximum absolute atomic E-state index is 11.4. The molecule has 0 heterocycles. The summed E-state index contributed by atoms with van der Waals surface area (Å²) in [4.78, 5) is 11.4. The highest BCUT2D eigenvalue weighted by molar-refractivity contribution is 5.76. The predicted octanol–water partition coefficient (Wildman–Crippen LogP) is 1.43. The summed E-state index contributed by atoms with van der Waals surface area (Å²) in [5.74, 6) is 1.01. The van der Waals surface area contributed by atoms with Crippen molar-refractivity contribution in [2.45, 2.75) is 57.5 Å². The van der Waals surface area contributed by atoms with Crippen molar-refractivity contribution in [1.29, 1.82) is 0 Å². The van der Waals surface area contributed by atoms with Crippen LogP contribution in [0.3, 0.4) is 0 Å². The Balaban J connectivity index is 1.55. The molecule has 0 spiro atoms. The minimum atomic E-state index is 0.218. The first-order chi connectivity index (χ1) is 7.25. The van der Waals surface area contributed by atoms with Gasteiger partial charge in [-0.2, -0.15) is 0 Å². The van der Waals surface area contributed by atoms with Gasteiger partial charge in [0.25, 0.3) is 0 Å². The standard InChI is InChI=1S/C12H22N2O/c1-9-3-2-4-11(9)13-8-7-12(15)14-10-5-6-10/h9-11,13H,2-8H2,1H3,(H,14,15). The monoisotopic (exact) mass is 210 g/mol. The first-order valence-corrected chi connectivity index (χ1v) is 6.28. The van der Waals surface area contributed by atoms with Crippen molar-refractivity contribution >= 4 is 5.91 Å². The fraction of sp³-hybridized carbons (Fsp3) is 0.917. The number of rotatable bonds is 5. The van der Waals surface area contributed by atoms with E-state index in [4.69, 9.17) is 0 Å². The Bertz CT molecular complexity index is 226. The molecule has 3 heteroatoms. The van der Waals surface area contributed by atoms with Crippen LogP contribution in [0.1, 0.15) is 45.4 Å². The predicted molar refractivity (Wildman–Crippen MR) is 60.6 cm³/mol. The molecule has 2 fully saturated rings. The minimum Gasteiger partial charge on any atom is -0.353 e. The molecule has 0 radical (unpaired) electrons. The van der Waals surface area contributed by atoms with E-state index in [1.807, 2.05) is 0 Å². The SMILES string of the molecule is CC1CCCC1NCCC(=O)NC1CC1. The first-order valence-electron chi connectivity index (χ1n) is 6.28. The van der Waals surface area contributed by atoms with Crippen LogP contribution in [0.2, 0.25) is 0 Å². The van der Waals surface area contributed by atoms with Gasteiger partial charge in [-0.05, 0) is 31.6 Å². The van der Waals surface area contributed by atoms with Crippen LogP contribution in [0.5, 0.6) is 0 Å². The molecule has 2 aliphatic carbocycles. The van der Waals surface area contributed by atoms with Gasteiger partial charge >= 0.3 is 0 Å². The lowest BCUT2D eigenvalue weighted by Gasteiger charge is -2.16. The molecule has 2 aliphatic rings. The molecule has 2 N–H and O–H groups in total. The minimum absolute atomic E-state index is 0.218. The van der Waals surface area contributed by atoms with Crippen LogP contribution in [0.4, 0.5) is 0 Å². The zero-order valence-corrected chi connectivity index (χ0v) is 9.59. The zero-order chi connectivity index (χ0) is 10.7. The molecule has 2 rings (SSSR count). The molecule has 1 amide bonds. The van der Waals surface area contributed by atoms with E-state index in [2.05, 4.69) is 17.6 Å². The highest BCUT2D eigenvalue weighted by Crippen LogP contribution is 2.24. The molecule has 0 bridgehead atoms. The summed E-state index contributed by atoms with van der Waals surface area (Å²) < 4.78 is 0. The summed E-state index contributed by atoms with van der Waals surface area (Å²) in [5.41, 5.74) is 0. The largest absolute Gasteiger partial charge is 0.353 e. The summed E-state index contributed by atoms with van der Waals surface area (Å²) in [6.45, 7) is 3.14. The number of carbonyl (C=O) groups excluding carboxylic acids is 1. The van der Waals surface area contributed by atoms with E-state index in [0.717, 1.165) is 12.5 Å². The molecule has 15 heavy (non-hydrogen) atoms. The second-order valence-corrected chi connectivity index (χ2v) is 5.06. The molecule has 0 aromatic carbocycles.